The van der Waals surface area contributed by atoms with Crippen LogP contribution in [0.3, 0.4) is 0 Å². The van der Waals surface area contributed by atoms with Gasteiger partial charge in [-0.2, -0.15) is 0 Å². The van der Waals surface area contributed by atoms with Gasteiger partial charge in [0.1, 0.15) is 10.8 Å². The van der Waals surface area contributed by atoms with Gasteiger partial charge in [0.15, 0.2) is 5.58 Å². The number of methoxy groups -OCH3 is 1. The molecule has 14 heavy (non-hydrogen) atoms. The Hall–Kier alpha value is -1.48. The molecule has 0 atom stereocenters. The summed E-state index contributed by atoms with van der Waals surface area (Å²) in [6.07, 6.45) is 0. The van der Waals surface area contributed by atoms with E-state index in [1.54, 1.807) is 18.2 Å². The number of hydrogen-bond acceptors (Lipinski definition) is 3. The summed E-state index contributed by atoms with van der Waals surface area (Å²) in [5, 5.41) is 1.10. The Labute approximate surface area is 84.9 Å². The van der Waals surface area contributed by atoms with Crippen molar-refractivity contribution < 1.29 is 9.15 Å². The van der Waals surface area contributed by atoms with Crippen molar-refractivity contribution in [1.82, 2.24) is 0 Å². The quantitative estimate of drug-likeness (QED) is 0.679. The van der Waals surface area contributed by atoms with E-state index in [-0.39, 0.29) is 0 Å². The van der Waals surface area contributed by atoms with Gasteiger partial charge in [-0.15, -0.1) is 0 Å². The Bertz CT molecular complexity index is 530. The minimum absolute atomic E-state index is 0.322. The van der Waals surface area contributed by atoms with E-state index >= 15 is 0 Å². The van der Waals surface area contributed by atoms with Crippen LogP contribution in [0.2, 0.25) is 5.02 Å². The molecular formula is C10H7ClO3. The van der Waals surface area contributed by atoms with Crippen LogP contribution in [0.1, 0.15) is 0 Å². The molecule has 72 valence electrons. The third-order valence-corrected chi connectivity index (χ3v) is 2.27. The lowest BCUT2D eigenvalue weighted by Gasteiger charge is -2.03. The zero-order chi connectivity index (χ0) is 10.1. The number of hydrogen-bond donors (Lipinski definition) is 0. The van der Waals surface area contributed by atoms with Gasteiger partial charge < -0.3 is 9.15 Å². The van der Waals surface area contributed by atoms with Crippen molar-refractivity contribution in [2.75, 3.05) is 7.11 Å². The van der Waals surface area contributed by atoms with Crippen molar-refractivity contribution >= 4 is 22.6 Å². The van der Waals surface area contributed by atoms with Crippen LogP contribution in [0.5, 0.6) is 5.75 Å². The van der Waals surface area contributed by atoms with E-state index in [9.17, 15) is 4.79 Å². The van der Waals surface area contributed by atoms with Crippen LogP contribution in [0.25, 0.3) is 11.0 Å². The van der Waals surface area contributed by atoms with E-state index in [4.69, 9.17) is 20.8 Å². The zero-order valence-corrected chi connectivity index (χ0v) is 8.17. The molecule has 0 amide bonds. The molecule has 1 aromatic heterocycles. The molecule has 1 heterocycles. The van der Waals surface area contributed by atoms with Gasteiger partial charge in [0.2, 0.25) is 0 Å². The molecule has 0 saturated carbocycles. The fourth-order valence-electron chi connectivity index (χ4n) is 1.24. The molecule has 0 aliphatic rings. The lowest BCUT2D eigenvalue weighted by molar-refractivity contribution is 0.414. The van der Waals surface area contributed by atoms with Crippen LogP contribution in [0.15, 0.2) is 33.5 Å². The Morgan fingerprint density at radius 3 is 2.71 bits per heavy atom. The summed E-state index contributed by atoms with van der Waals surface area (Å²) >= 11 is 5.96. The summed E-state index contributed by atoms with van der Waals surface area (Å²) in [5.41, 5.74) is -0.0637. The van der Waals surface area contributed by atoms with Gasteiger partial charge in [-0.25, -0.2) is 4.79 Å². The highest BCUT2D eigenvalue weighted by Crippen LogP contribution is 2.31. The van der Waals surface area contributed by atoms with Crippen molar-refractivity contribution in [3.05, 3.63) is 39.7 Å². The van der Waals surface area contributed by atoms with Crippen LogP contribution in [0.4, 0.5) is 0 Å². The second-order valence-electron chi connectivity index (χ2n) is 2.75. The molecule has 4 heteroatoms. The predicted octanol–water partition coefficient (Wildman–Crippen LogP) is 2.46. The normalized spacial score (nSPS) is 10.4. The van der Waals surface area contributed by atoms with Crippen molar-refractivity contribution in [2.45, 2.75) is 0 Å². The molecule has 0 aliphatic carbocycles. The maximum atomic E-state index is 11.0. The summed E-state index contributed by atoms with van der Waals surface area (Å²) in [4.78, 5) is 11.0. The number of fused-ring (bicyclic) bond motifs is 1. The standard InChI is InChI=1S/C10H7ClO3/c1-13-7-4-2-6-3-5-8(12)14-10(6)9(7)11/h2-5H,1H3. The number of benzene rings is 1. The molecular weight excluding hydrogens is 204 g/mol. The second kappa shape index (κ2) is 3.35. The third-order valence-electron chi connectivity index (χ3n) is 1.91. The summed E-state index contributed by atoms with van der Waals surface area (Å²) in [5.74, 6) is 0.494. The van der Waals surface area contributed by atoms with Crippen LogP contribution in [-0.4, -0.2) is 7.11 Å². The van der Waals surface area contributed by atoms with Crippen molar-refractivity contribution in [3.8, 4) is 5.75 Å². The van der Waals surface area contributed by atoms with Gasteiger partial charge in [-0.3, -0.25) is 0 Å². The Balaban J connectivity index is 2.86. The summed E-state index contributed by atoms with van der Waals surface area (Å²) in [6.45, 7) is 0. The zero-order valence-electron chi connectivity index (χ0n) is 7.41. The van der Waals surface area contributed by atoms with Gasteiger partial charge in [0.25, 0.3) is 0 Å². The van der Waals surface area contributed by atoms with Crippen molar-refractivity contribution in [3.63, 3.8) is 0 Å². The van der Waals surface area contributed by atoms with E-state index in [0.717, 1.165) is 5.39 Å². The van der Waals surface area contributed by atoms with Gasteiger partial charge >= 0.3 is 5.63 Å². The minimum Gasteiger partial charge on any atom is -0.495 e. The van der Waals surface area contributed by atoms with Crippen LogP contribution >= 0.6 is 11.6 Å². The average Bonchev–Trinajstić information content (AvgIpc) is 2.20. The topological polar surface area (TPSA) is 39.4 Å². The largest absolute Gasteiger partial charge is 0.495 e. The summed E-state index contributed by atoms with van der Waals surface area (Å²) < 4.78 is 9.97. The molecule has 1 aromatic carbocycles. The van der Waals surface area contributed by atoms with E-state index in [0.29, 0.717) is 16.4 Å². The van der Waals surface area contributed by atoms with E-state index in [2.05, 4.69) is 0 Å². The monoisotopic (exact) mass is 210 g/mol. The molecule has 0 unspecified atom stereocenters. The Kier molecular flexibility index (Phi) is 2.17. The van der Waals surface area contributed by atoms with Crippen LogP contribution < -0.4 is 10.4 Å². The maximum absolute atomic E-state index is 11.0. The maximum Gasteiger partial charge on any atom is 0.336 e. The van der Waals surface area contributed by atoms with Gasteiger partial charge in [0.05, 0.1) is 7.11 Å². The first kappa shape index (κ1) is 9.09. The molecule has 0 bridgehead atoms. The molecule has 2 rings (SSSR count). The average molecular weight is 211 g/mol. The predicted molar refractivity (Wildman–Crippen MR) is 54.0 cm³/mol. The van der Waals surface area contributed by atoms with Gasteiger partial charge in [-0.1, -0.05) is 11.6 Å². The molecule has 3 nitrogen and oxygen atoms in total. The van der Waals surface area contributed by atoms with Crippen molar-refractivity contribution in [1.29, 1.82) is 0 Å². The second-order valence-corrected chi connectivity index (χ2v) is 3.13. The molecule has 0 radical (unpaired) electrons. The molecule has 0 spiro atoms. The first-order valence-electron chi connectivity index (χ1n) is 3.99. The highest BCUT2D eigenvalue weighted by molar-refractivity contribution is 6.36. The van der Waals surface area contributed by atoms with Crippen molar-refractivity contribution in [2.24, 2.45) is 0 Å². The smallest absolute Gasteiger partial charge is 0.336 e. The highest BCUT2D eigenvalue weighted by atomic mass is 35.5. The lowest BCUT2D eigenvalue weighted by atomic mass is 10.2. The molecule has 0 aliphatic heterocycles. The number of halogens is 1. The fraction of sp³-hybridized carbons (Fsp3) is 0.100. The van der Waals surface area contributed by atoms with E-state index in [1.165, 1.54) is 13.2 Å². The minimum atomic E-state index is -0.423. The molecule has 2 aromatic rings. The Morgan fingerprint density at radius 2 is 2.00 bits per heavy atom. The van der Waals surface area contributed by atoms with Crippen LogP contribution in [0, 0.1) is 0 Å². The van der Waals surface area contributed by atoms with Gasteiger partial charge in [0, 0.05) is 11.5 Å². The lowest BCUT2D eigenvalue weighted by Crippen LogP contribution is -1.95. The first-order chi connectivity index (χ1) is 6.72. The Morgan fingerprint density at radius 1 is 1.29 bits per heavy atom. The third kappa shape index (κ3) is 1.36. The molecule has 0 N–H and O–H groups in total. The number of rotatable bonds is 1. The SMILES string of the molecule is COc1ccc2ccc(=O)oc2c1Cl. The summed E-state index contributed by atoms with van der Waals surface area (Å²) in [7, 11) is 1.51. The first-order valence-corrected chi connectivity index (χ1v) is 4.36. The molecule has 0 saturated heterocycles. The molecule has 0 fully saturated rings. The summed E-state index contributed by atoms with van der Waals surface area (Å²) in [6, 6.07) is 6.52. The van der Waals surface area contributed by atoms with Crippen LogP contribution in [-0.2, 0) is 0 Å². The van der Waals surface area contributed by atoms with E-state index in [1.807, 2.05) is 0 Å². The number of ether oxygens (including phenoxy) is 1. The highest BCUT2D eigenvalue weighted by Gasteiger charge is 2.07. The van der Waals surface area contributed by atoms with Gasteiger partial charge in [-0.05, 0) is 18.2 Å². The van der Waals surface area contributed by atoms with E-state index < -0.39 is 5.63 Å². The fourth-order valence-corrected chi connectivity index (χ4v) is 1.53.